The lowest BCUT2D eigenvalue weighted by atomic mass is 9.83. The number of nitrogens with two attached hydrogens (primary N) is 1. The van der Waals surface area contributed by atoms with Crippen molar-refractivity contribution >= 4 is 0 Å². The molecule has 3 nitrogen and oxygen atoms in total. The number of aryl methyl sites for hydroxylation is 1. The standard InChI is InChI=1S/C12H21N3/c1-12(2,13)11-8-14-9-15(11)7-6-10-4-3-5-10/h8-10H,3-7,13H2,1-2H3. The van der Waals surface area contributed by atoms with Gasteiger partial charge in [-0.2, -0.15) is 0 Å². The summed E-state index contributed by atoms with van der Waals surface area (Å²) >= 11 is 0. The third kappa shape index (κ3) is 2.40. The number of nitrogens with zero attached hydrogens (tertiary/aromatic N) is 2. The molecule has 2 N–H and O–H groups in total. The third-order valence-electron chi connectivity index (χ3n) is 3.38. The zero-order valence-electron chi connectivity index (χ0n) is 9.74. The highest BCUT2D eigenvalue weighted by Crippen LogP contribution is 2.30. The lowest BCUT2D eigenvalue weighted by Crippen LogP contribution is -2.31. The van der Waals surface area contributed by atoms with Crippen LogP contribution in [0.5, 0.6) is 0 Å². The summed E-state index contributed by atoms with van der Waals surface area (Å²) in [6, 6.07) is 0. The summed E-state index contributed by atoms with van der Waals surface area (Å²) in [6.45, 7) is 5.13. The van der Waals surface area contributed by atoms with E-state index in [0.29, 0.717) is 0 Å². The topological polar surface area (TPSA) is 43.8 Å². The predicted octanol–water partition coefficient (Wildman–Crippen LogP) is 2.27. The lowest BCUT2D eigenvalue weighted by Gasteiger charge is -2.27. The van der Waals surface area contributed by atoms with Crippen LogP contribution in [-0.4, -0.2) is 9.55 Å². The van der Waals surface area contributed by atoms with E-state index in [0.717, 1.165) is 18.2 Å². The van der Waals surface area contributed by atoms with Crippen LogP contribution in [0, 0.1) is 5.92 Å². The van der Waals surface area contributed by atoms with Crippen molar-refractivity contribution in [3.05, 3.63) is 18.2 Å². The van der Waals surface area contributed by atoms with Gasteiger partial charge < -0.3 is 10.3 Å². The van der Waals surface area contributed by atoms with E-state index in [2.05, 4.69) is 9.55 Å². The van der Waals surface area contributed by atoms with E-state index in [1.807, 2.05) is 26.4 Å². The molecule has 0 spiro atoms. The summed E-state index contributed by atoms with van der Waals surface area (Å²) in [5, 5.41) is 0. The van der Waals surface area contributed by atoms with Crippen LogP contribution in [0.1, 0.15) is 45.2 Å². The average molecular weight is 207 g/mol. The summed E-state index contributed by atoms with van der Waals surface area (Å²) in [4.78, 5) is 4.19. The van der Waals surface area contributed by atoms with Gasteiger partial charge in [0.25, 0.3) is 0 Å². The summed E-state index contributed by atoms with van der Waals surface area (Å²) < 4.78 is 2.21. The second-order valence-corrected chi connectivity index (χ2v) is 5.28. The number of aromatic nitrogens is 2. The first-order valence-corrected chi connectivity index (χ1v) is 5.87. The number of rotatable bonds is 4. The van der Waals surface area contributed by atoms with Crippen LogP contribution >= 0.6 is 0 Å². The van der Waals surface area contributed by atoms with Gasteiger partial charge in [0.05, 0.1) is 17.6 Å². The molecule has 84 valence electrons. The van der Waals surface area contributed by atoms with Crippen LogP contribution in [0.4, 0.5) is 0 Å². The van der Waals surface area contributed by atoms with E-state index in [1.54, 1.807) is 0 Å². The van der Waals surface area contributed by atoms with Gasteiger partial charge in [-0.15, -0.1) is 0 Å². The van der Waals surface area contributed by atoms with Crippen molar-refractivity contribution in [2.75, 3.05) is 0 Å². The Morgan fingerprint density at radius 3 is 2.80 bits per heavy atom. The largest absolute Gasteiger partial charge is 0.333 e. The first-order valence-electron chi connectivity index (χ1n) is 5.87. The molecule has 1 heterocycles. The van der Waals surface area contributed by atoms with Crippen molar-refractivity contribution in [1.82, 2.24) is 9.55 Å². The molecule has 0 aromatic carbocycles. The van der Waals surface area contributed by atoms with Crippen molar-refractivity contribution in [2.24, 2.45) is 11.7 Å². The van der Waals surface area contributed by atoms with Crippen molar-refractivity contribution in [3.63, 3.8) is 0 Å². The van der Waals surface area contributed by atoms with Gasteiger partial charge in [-0.05, 0) is 26.2 Å². The monoisotopic (exact) mass is 207 g/mol. The van der Waals surface area contributed by atoms with Crippen LogP contribution in [0.15, 0.2) is 12.5 Å². The van der Waals surface area contributed by atoms with Crippen molar-refractivity contribution in [3.8, 4) is 0 Å². The van der Waals surface area contributed by atoms with Crippen molar-refractivity contribution < 1.29 is 0 Å². The van der Waals surface area contributed by atoms with Gasteiger partial charge in [-0.3, -0.25) is 0 Å². The van der Waals surface area contributed by atoms with Gasteiger partial charge in [0, 0.05) is 12.7 Å². The van der Waals surface area contributed by atoms with E-state index < -0.39 is 0 Å². The number of imidazole rings is 1. The van der Waals surface area contributed by atoms with Gasteiger partial charge in [0.15, 0.2) is 0 Å². The molecule has 0 unspecified atom stereocenters. The highest BCUT2D eigenvalue weighted by molar-refractivity contribution is 5.09. The Balaban J connectivity index is 1.98. The Kier molecular flexibility index (Phi) is 2.83. The first kappa shape index (κ1) is 10.7. The fourth-order valence-corrected chi connectivity index (χ4v) is 2.14. The Morgan fingerprint density at radius 1 is 1.53 bits per heavy atom. The van der Waals surface area contributed by atoms with Crippen molar-refractivity contribution in [2.45, 2.75) is 51.6 Å². The molecule has 0 bridgehead atoms. The molecule has 2 rings (SSSR count). The van der Waals surface area contributed by atoms with Gasteiger partial charge in [-0.1, -0.05) is 19.3 Å². The smallest absolute Gasteiger partial charge is 0.0948 e. The second-order valence-electron chi connectivity index (χ2n) is 5.28. The Bertz CT molecular complexity index is 318. The highest BCUT2D eigenvalue weighted by atomic mass is 15.1. The Labute approximate surface area is 91.7 Å². The highest BCUT2D eigenvalue weighted by Gasteiger charge is 2.21. The second kappa shape index (κ2) is 3.97. The molecule has 3 heteroatoms. The zero-order chi connectivity index (χ0) is 10.9. The fourth-order valence-electron chi connectivity index (χ4n) is 2.14. The minimum Gasteiger partial charge on any atom is -0.333 e. The van der Waals surface area contributed by atoms with Crippen LogP contribution in [0.25, 0.3) is 0 Å². The molecule has 1 saturated carbocycles. The van der Waals surface area contributed by atoms with Gasteiger partial charge in [0.2, 0.25) is 0 Å². The minimum absolute atomic E-state index is 0.282. The van der Waals surface area contributed by atoms with E-state index in [-0.39, 0.29) is 5.54 Å². The summed E-state index contributed by atoms with van der Waals surface area (Å²) in [5.41, 5.74) is 6.95. The third-order valence-corrected chi connectivity index (χ3v) is 3.38. The first-order chi connectivity index (χ1) is 7.07. The Hall–Kier alpha value is -0.830. The molecule has 0 radical (unpaired) electrons. The average Bonchev–Trinajstić information content (AvgIpc) is 2.48. The SMILES string of the molecule is CC(C)(N)c1cncn1CCC1CCC1. The van der Waals surface area contributed by atoms with E-state index in [9.17, 15) is 0 Å². The number of hydrogen-bond donors (Lipinski definition) is 1. The molecular formula is C12H21N3. The molecule has 0 aliphatic heterocycles. The Morgan fingerprint density at radius 2 is 2.27 bits per heavy atom. The molecule has 1 aliphatic rings. The van der Waals surface area contributed by atoms with Crippen molar-refractivity contribution in [1.29, 1.82) is 0 Å². The number of hydrogen-bond acceptors (Lipinski definition) is 2. The summed E-state index contributed by atoms with van der Waals surface area (Å²) in [6.07, 6.45) is 9.32. The molecule has 0 atom stereocenters. The summed E-state index contributed by atoms with van der Waals surface area (Å²) in [5.74, 6) is 0.945. The maximum absolute atomic E-state index is 6.09. The zero-order valence-corrected chi connectivity index (χ0v) is 9.74. The molecular weight excluding hydrogens is 186 g/mol. The molecule has 0 amide bonds. The van der Waals surface area contributed by atoms with Crippen LogP contribution in [0.3, 0.4) is 0 Å². The predicted molar refractivity (Wildman–Crippen MR) is 61.4 cm³/mol. The van der Waals surface area contributed by atoms with E-state index in [1.165, 1.54) is 25.7 Å². The van der Waals surface area contributed by atoms with Crippen LogP contribution < -0.4 is 5.73 Å². The van der Waals surface area contributed by atoms with E-state index >= 15 is 0 Å². The van der Waals surface area contributed by atoms with Gasteiger partial charge in [-0.25, -0.2) is 4.98 Å². The van der Waals surface area contributed by atoms with E-state index in [4.69, 9.17) is 5.73 Å². The normalized spacial score (nSPS) is 17.8. The fraction of sp³-hybridized carbons (Fsp3) is 0.750. The minimum atomic E-state index is -0.282. The summed E-state index contributed by atoms with van der Waals surface area (Å²) in [7, 11) is 0. The maximum Gasteiger partial charge on any atom is 0.0948 e. The molecule has 0 saturated heterocycles. The van der Waals surface area contributed by atoms with Crippen LogP contribution in [0.2, 0.25) is 0 Å². The quantitative estimate of drug-likeness (QED) is 0.823. The van der Waals surface area contributed by atoms with Crippen LogP contribution in [-0.2, 0) is 12.1 Å². The molecule has 1 aromatic heterocycles. The van der Waals surface area contributed by atoms with Gasteiger partial charge >= 0.3 is 0 Å². The molecule has 15 heavy (non-hydrogen) atoms. The molecule has 1 aliphatic carbocycles. The maximum atomic E-state index is 6.09. The lowest BCUT2D eigenvalue weighted by molar-refractivity contribution is 0.279. The van der Waals surface area contributed by atoms with Gasteiger partial charge in [0.1, 0.15) is 0 Å². The molecule has 1 fully saturated rings. The molecule has 1 aromatic rings.